The summed E-state index contributed by atoms with van der Waals surface area (Å²) < 4.78 is 14.3. The van der Waals surface area contributed by atoms with Gasteiger partial charge in [-0.15, -0.1) is 0 Å². The van der Waals surface area contributed by atoms with Gasteiger partial charge in [-0.2, -0.15) is 0 Å². The number of aliphatic hydroxyl groups excluding tert-OH is 1. The summed E-state index contributed by atoms with van der Waals surface area (Å²) in [4.78, 5) is 27.3. The number of aliphatic hydroxyl groups is 1. The van der Waals surface area contributed by atoms with E-state index in [-0.39, 0.29) is 11.1 Å². The van der Waals surface area contributed by atoms with Crippen LogP contribution in [0.15, 0.2) is 35.6 Å². The number of hydrogen-bond acceptors (Lipinski definition) is 3. The highest BCUT2D eigenvalue weighted by atomic mass is 19.1. The minimum absolute atomic E-state index is 0.0166. The van der Waals surface area contributed by atoms with Crippen LogP contribution in [0, 0.1) is 5.82 Å². The number of rotatable bonds is 5. The lowest BCUT2D eigenvalue weighted by Gasteiger charge is -2.29. The standard InChI is InChI=1S/C18H22FN3O3/c1-12(23)15-16(13-4-2-3-5-14(13)19)22(18(25)17(15)24)11-10-21-8-6-20-7-9-21/h2-5,16,20,24H,6-11H2,1H3/p+2. The number of Topliss-reactive ketones (excluding diaryl/α,β-unsaturated/α-hetero) is 1. The Morgan fingerprint density at radius 3 is 2.68 bits per heavy atom. The number of carbonyl (C=O) groups is 2. The van der Waals surface area contributed by atoms with E-state index < -0.39 is 29.3 Å². The monoisotopic (exact) mass is 349 g/mol. The van der Waals surface area contributed by atoms with E-state index in [1.807, 2.05) is 0 Å². The van der Waals surface area contributed by atoms with Gasteiger partial charge in [0.05, 0.1) is 24.7 Å². The minimum Gasteiger partial charge on any atom is -0.503 e. The molecule has 1 atom stereocenters. The highest BCUT2D eigenvalue weighted by Gasteiger charge is 2.43. The van der Waals surface area contributed by atoms with Crippen molar-refractivity contribution >= 4 is 11.7 Å². The van der Waals surface area contributed by atoms with E-state index in [1.165, 1.54) is 22.8 Å². The third kappa shape index (κ3) is 3.43. The molecule has 3 rings (SSSR count). The molecule has 1 unspecified atom stereocenters. The lowest BCUT2D eigenvalue weighted by molar-refractivity contribution is -0.946. The maximum absolute atomic E-state index is 14.3. The average Bonchev–Trinajstić information content (AvgIpc) is 2.85. The van der Waals surface area contributed by atoms with Gasteiger partial charge in [-0.25, -0.2) is 4.39 Å². The van der Waals surface area contributed by atoms with Crippen LogP contribution in [-0.2, 0) is 9.59 Å². The fraction of sp³-hybridized carbons (Fsp3) is 0.444. The summed E-state index contributed by atoms with van der Waals surface area (Å²) in [5.74, 6) is -2.05. The van der Waals surface area contributed by atoms with Crippen molar-refractivity contribution in [3.63, 3.8) is 0 Å². The predicted octanol–water partition coefficient (Wildman–Crippen LogP) is -1.43. The van der Waals surface area contributed by atoms with Crippen LogP contribution in [0.4, 0.5) is 4.39 Å². The van der Waals surface area contributed by atoms with Crippen molar-refractivity contribution in [2.24, 2.45) is 0 Å². The molecule has 1 fully saturated rings. The molecule has 0 spiro atoms. The highest BCUT2D eigenvalue weighted by Crippen LogP contribution is 2.38. The van der Waals surface area contributed by atoms with Crippen LogP contribution in [0.3, 0.4) is 0 Å². The zero-order valence-corrected chi connectivity index (χ0v) is 14.3. The second-order valence-corrected chi connectivity index (χ2v) is 6.61. The average molecular weight is 349 g/mol. The van der Waals surface area contributed by atoms with Crippen LogP contribution in [0.25, 0.3) is 0 Å². The van der Waals surface area contributed by atoms with E-state index in [0.717, 1.165) is 26.2 Å². The van der Waals surface area contributed by atoms with Gasteiger partial charge in [0.25, 0.3) is 5.91 Å². The summed E-state index contributed by atoms with van der Waals surface area (Å²) in [6.45, 7) is 6.47. The van der Waals surface area contributed by atoms with Crippen molar-refractivity contribution < 1.29 is 29.3 Å². The van der Waals surface area contributed by atoms with E-state index in [1.54, 1.807) is 18.2 Å². The summed E-state index contributed by atoms with van der Waals surface area (Å²) in [6, 6.07) is 5.23. The molecule has 4 N–H and O–H groups in total. The van der Waals surface area contributed by atoms with Gasteiger partial charge in [0.1, 0.15) is 32.0 Å². The second-order valence-electron chi connectivity index (χ2n) is 6.61. The van der Waals surface area contributed by atoms with E-state index >= 15 is 0 Å². The molecule has 1 saturated heterocycles. The van der Waals surface area contributed by atoms with Gasteiger partial charge in [-0.1, -0.05) is 18.2 Å². The number of piperazine rings is 1. The SMILES string of the molecule is CC(=O)C1=C(O)C(=O)N(CC[NH+]2CC[NH2+]CC2)C1c1ccccc1F. The molecule has 0 aliphatic carbocycles. The minimum atomic E-state index is -0.859. The lowest BCUT2D eigenvalue weighted by atomic mass is 9.96. The second kappa shape index (κ2) is 7.33. The first-order valence-corrected chi connectivity index (χ1v) is 8.65. The Balaban J connectivity index is 1.88. The van der Waals surface area contributed by atoms with Crippen LogP contribution in [0.2, 0.25) is 0 Å². The number of halogens is 1. The number of hydrogen-bond donors (Lipinski definition) is 3. The summed E-state index contributed by atoms with van der Waals surface area (Å²) in [6.07, 6.45) is 0. The Morgan fingerprint density at radius 1 is 1.36 bits per heavy atom. The third-order valence-corrected chi connectivity index (χ3v) is 4.99. The number of nitrogens with one attached hydrogen (secondary N) is 1. The zero-order valence-electron chi connectivity index (χ0n) is 14.3. The van der Waals surface area contributed by atoms with Gasteiger partial charge in [0.2, 0.25) is 0 Å². The molecule has 1 amide bonds. The topological polar surface area (TPSA) is 78.7 Å². The summed E-state index contributed by atoms with van der Waals surface area (Å²) in [7, 11) is 0. The van der Waals surface area contributed by atoms with Crippen molar-refractivity contribution in [1.82, 2.24) is 4.90 Å². The Kier molecular flexibility index (Phi) is 5.15. The van der Waals surface area contributed by atoms with Crippen molar-refractivity contribution in [2.75, 3.05) is 39.3 Å². The highest BCUT2D eigenvalue weighted by molar-refractivity contribution is 6.08. The Morgan fingerprint density at radius 2 is 2.04 bits per heavy atom. The van der Waals surface area contributed by atoms with Crippen LogP contribution in [0.5, 0.6) is 0 Å². The quantitative estimate of drug-likeness (QED) is 0.610. The number of nitrogens with two attached hydrogens (primary N) is 1. The van der Waals surface area contributed by atoms with E-state index in [0.29, 0.717) is 13.1 Å². The Bertz CT molecular complexity index is 713. The van der Waals surface area contributed by atoms with Crippen LogP contribution >= 0.6 is 0 Å². The molecular formula is C18H24FN3O3+2. The Hall–Kier alpha value is -2.25. The number of quaternary nitrogens is 2. The molecule has 0 bridgehead atoms. The predicted molar refractivity (Wildman–Crippen MR) is 88.4 cm³/mol. The largest absolute Gasteiger partial charge is 0.503 e. The van der Waals surface area contributed by atoms with Crippen LogP contribution in [0.1, 0.15) is 18.5 Å². The molecule has 2 heterocycles. The number of amides is 1. The molecule has 2 aliphatic rings. The maximum Gasteiger partial charge on any atom is 0.290 e. The first kappa shape index (κ1) is 17.6. The molecule has 0 aromatic heterocycles. The van der Waals surface area contributed by atoms with Gasteiger partial charge >= 0.3 is 0 Å². The van der Waals surface area contributed by atoms with Gasteiger partial charge in [0, 0.05) is 5.56 Å². The van der Waals surface area contributed by atoms with Crippen molar-refractivity contribution in [3.05, 3.63) is 47.0 Å². The fourth-order valence-corrected chi connectivity index (χ4v) is 3.67. The summed E-state index contributed by atoms with van der Waals surface area (Å²) >= 11 is 0. The lowest BCUT2D eigenvalue weighted by Crippen LogP contribution is -3.20. The molecular weight excluding hydrogens is 325 g/mol. The maximum atomic E-state index is 14.3. The fourth-order valence-electron chi connectivity index (χ4n) is 3.67. The number of carbonyl (C=O) groups excluding carboxylic acids is 2. The van der Waals surface area contributed by atoms with Gasteiger partial charge < -0.3 is 20.2 Å². The normalized spacial score (nSPS) is 21.9. The summed E-state index contributed by atoms with van der Waals surface area (Å²) in [5, 5.41) is 12.4. The number of benzene rings is 1. The molecule has 25 heavy (non-hydrogen) atoms. The van der Waals surface area contributed by atoms with Crippen LogP contribution in [-0.4, -0.2) is 61.0 Å². The molecule has 0 saturated carbocycles. The molecule has 1 aromatic carbocycles. The third-order valence-electron chi connectivity index (χ3n) is 4.99. The summed E-state index contributed by atoms with van der Waals surface area (Å²) in [5.41, 5.74) is 0.226. The first-order valence-electron chi connectivity index (χ1n) is 8.65. The zero-order chi connectivity index (χ0) is 18.0. The van der Waals surface area contributed by atoms with Crippen LogP contribution < -0.4 is 10.2 Å². The van der Waals surface area contributed by atoms with E-state index in [4.69, 9.17) is 0 Å². The number of nitrogens with zero attached hydrogens (tertiary/aromatic N) is 1. The van der Waals surface area contributed by atoms with Crippen molar-refractivity contribution in [1.29, 1.82) is 0 Å². The molecule has 2 aliphatic heterocycles. The Labute approximate surface area is 145 Å². The molecule has 6 nitrogen and oxygen atoms in total. The van der Waals surface area contributed by atoms with Gasteiger partial charge in [-0.05, 0) is 13.0 Å². The molecule has 7 heteroatoms. The van der Waals surface area contributed by atoms with Gasteiger partial charge in [-0.3, -0.25) is 9.59 Å². The van der Waals surface area contributed by atoms with Crippen molar-refractivity contribution in [3.8, 4) is 0 Å². The molecule has 1 aromatic rings. The smallest absolute Gasteiger partial charge is 0.290 e. The molecule has 134 valence electrons. The van der Waals surface area contributed by atoms with Crippen molar-refractivity contribution in [2.45, 2.75) is 13.0 Å². The van der Waals surface area contributed by atoms with E-state index in [9.17, 15) is 19.1 Å². The molecule has 0 radical (unpaired) electrons. The van der Waals surface area contributed by atoms with E-state index in [2.05, 4.69) is 5.32 Å². The number of ketones is 1. The first-order chi connectivity index (χ1) is 12.0. The van der Waals surface area contributed by atoms with Gasteiger partial charge in [0.15, 0.2) is 11.5 Å².